The van der Waals surface area contributed by atoms with E-state index in [1.54, 1.807) is 30.3 Å². The van der Waals surface area contributed by atoms with Gasteiger partial charge in [-0.15, -0.1) is 0 Å². The fourth-order valence-corrected chi connectivity index (χ4v) is 5.00. The molecule has 1 aliphatic rings. The number of ether oxygens (including phenoxy) is 2. The molecule has 1 fully saturated rings. The van der Waals surface area contributed by atoms with E-state index < -0.39 is 5.97 Å². The van der Waals surface area contributed by atoms with Gasteiger partial charge in [0.05, 0.1) is 24.1 Å². The van der Waals surface area contributed by atoms with Gasteiger partial charge in [-0.25, -0.2) is 4.79 Å². The number of nitrogens with zero attached hydrogens (tertiary/aromatic N) is 1. The van der Waals surface area contributed by atoms with Crippen LogP contribution in [0, 0.1) is 6.92 Å². The predicted octanol–water partition coefficient (Wildman–Crippen LogP) is 6.61. The van der Waals surface area contributed by atoms with Crippen LogP contribution in [0.4, 0.5) is 4.79 Å². The number of hydrogen-bond donors (Lipinski definition) is 0. The van der Waals surface area contributed by atoms with Crippen molar-refractivity contribution in [2.75, 3.05) is 7.11 Å². The summed E-state index contributed by atoms with van der Waals surface area (Å²) in [5.74, 6) is -0.254. The number of rotatable bonds is 6. The van der Waals surface area contributed by atoms with Crippen LogP contribution in [-0.4, -0.2) is 29.1 Å². The highest BCUT2D eigenvalue weighted by atomic mass is 32.2. The number of esters is 1. The van der Waals surface area contributed by atoms with Crippen molar-refractivity contribution in [3.8, 4) is 11.5 Å². The van der Waals surface area contributed by atoms with Crippen molar-refractivity contribution in [3.63, 3.8) is 0 Å². The van der Waals surface area contributed by atoms with Crippen LogP contribution < -0.4 is 9.47 Å². The van der Waals surface area contributed by atoms with Crippen molar-refractivity contribution < 1.29 is 23.9 Å². The van der Waals surface area contributed by atoms with E-state index in [4.69, 9.17) is 9.47 Å². The molecule has 0 bridgehead atoms. The molecule has 37 heavy (non-hydrogen) atoms. The molecule has 0 aliphatic carbocycles. The molecule has 2 amide bonds. The van der Waals surface area contributed by atoms with Gasteiger partial charge >= 0.3 is 5.97 Å². The topological polar surface area (TPSA) is 72.9 Å². The minimum absolute atomic E-state index is 0.223. The zero-order valence-electron chi connectivity index (χ0n) is 20.3. The third kappa shape index (κ3) is 4.99. The first-order chi connectivity index (χ1) is 17.9. The zero-order chi connectivity index (χ0) is 25.9. The molecule has 0 N–H and O–H groups in total. The Morgan fingerprint density at radius 1 is 0.919 bits per heavy atom. The number of amides is 2. The summed E-state index contributed by atoms with van der Waals surface area (Å²) < 4.78 is 11.1. The number of methoxy groups -OCH3 is 1. The maximum atomic E-state index is 13.0. The number of imide groups is 1. The summed E-state index contributed by atoms with van der Waals surface area (Å²) in [7, 11) is 1.48. The molecule has 1 saturated heterocycles. The number of carbonyl (C=O) groups is 3. The molecule has 0 aromatic heterocycles. The molecule has 0 radical (unpaired) electrons. The van der Waals surface area contributed by atoms with E-state index in [1.165, 1.54) is 12.0 Å². The van der Waals surface area contributed by atoms with E-state index in [0.717, 1.165) is 33.7 Å². The zero-order valence-corrected chi connectivity index (χ0v) is 21.1. The minimum atomic E-state index is -0.500. The number of carbonyl (C=O) groups excluding carboxylic acids is 3. The van der Waals surface area contributed by atoms with Gasteiger partial charge < -0.3 is 9.47 Å². The van der Waals surface area contributed by atoms with Gasteiger partial charge in [-0.05, 0) is 70.4 Å². The van der Waals surface area contributed by atoms with Gasteiger partial charge in [0.15, 0.2) is 11.5 Å². The average molecular weight is 510 g/mol. The quantitative estimate of drug-likeness (QED) is 0.165. The maximum Gasteiger partial charge on any atom is 0.344 e. The van der Waals surface area contributed by atoms with E-state index >= 15 is 0 Å². The molecular formula is C30H23NO5S. The van der Waals surface area contributed by atoms with Crippen molar-refractivity contribution >= 4 is 45.7 Å². The first-order valence-corrected chi connectivity index (χ1v) is 12.4. The van der Waals surface area contributed by atoms with Gasteiger partial charge in [0.2, 0.25) is 0 Å². The second-order valence-corrected chi connectivity index (χ2v) is 9.51. The SMILES string of the molecule is COc1cc(/C=C2\SC(=O)N(Cc3ccccc3C)C2=O)ccc1OC(=O)c1cccc2ccccc12. The fourth-order valence-electron chi connectivity index (χ4n) is 4.16. The second kappa shape index (κ2) is 10.3. The van der Waals surface area contributed by atoms with Crippen LogP contribution in [-0.2, 0) is 11.3 Å². The minimum Gasteiger partial charge on any atom is -0.493 e. The largest absolute Gasteiger partial charge is 0.493 e. The normalized spacial score (nSPS) is 14.4. The maximum absolute atomic E-state index is 13.0. The van der Waals surface area contributed by atoms with Gasteiger partial charge in [0.25, 0.3) is 11.1 Å². The van der Waals surface area contributed by atoms with Crippen LogP contribution >= 0.6 is 11.8 Å². The van der Waals surface area contributed by atoms with Gasteiger partial charge in [-0.3, -0.25) is 14.5 Å². The first-order valence-electron chi connectivity index (χ1n) is 11.6. The lowest BCUT2D eigenvalue weighted by Gasteiger charge is -2.14. The predicted molar refractivity (Wildman–Crippen MR) is 145 cm³/mol. The standard InChI is InChI=1S/C30H23NO5S/c1-19-8-3-4-10-22(19)18-31-28(32)27(37-30(31)34)17-20-14-15-25(26(16-20)35-2)36-29(33)24-13-7-11-21-9-5-6-12-23(21)24/h3-17H,18H2,1-2H3/b27-17-. The van der Waals surface area contributed by atoms with Crippen LogP contribution in [0.25, 0.3) is 16.8 Å². The van der Waals surface area contributed by atoms with Crippen LogP contribution in [0.3, 0.4) is 0 Å². The number of aryl methyl sites for hydroxylation is 1. The molecule has 7 heteroatoms. The lowest BCUT2D eigenvalue weighted by atomic mass is 10.0. The molecule has 184 valence electrons. The van der Waals surface area contributed by atoms with E-state index in [2.05, 4.69) is 0 Å². The number of benzene rings is 4. The summed E-state index contributed by atoms with van der Waals surface area (Å²) in [4.78, 5) is 40.1. The highest BCUT2D eigenvalue weighted by Crippen LogP contribution is 2.36. The van der Waals surface area contributed by atoms with E-state index in [1.807, 2.05) is 67.6 Å². The molecule has 4 aromatic carbocycles. The Labute approximate surface area is 218 Å². The number of fused-ring (bicyclic) bond motifs is 1. The fraction of sp³-hybridized carbons (Fsp3) is 0.100. The molecule has 1 aliphatic heterocycles. The van der Waals surface area contributed by atoms with E-state index in [9.17, 15) is 14.4 Å². The van der Waals surface area contributed by atoms with Crippen LogP contribution in [0.5, 0.6) is 11.5 Å². The lowest BCUT2D eigenvalue weighted by molar-refractivity contribution is -0.123. The monoisotopic (exact) mass is 509 g/mol. The van der Waals surface area contributed by atoms with Crippen LogP contribution in [0.15, 0.2) is 89.8 Å². The van der Waals surface area contributed by atoms with Crippen molar-refractivity contribution in [1.29, 1.82) is 0 Å². The summed E-state index contributed by atoms with van der Waals surface area (Å²) in [5, 5.41) is 1.43. The summed E-state index contributed by atoms with van der Waals surface area (Å²) in [6, 6.07) is 25.7. The van der Waals surface area contributed by atoms with Gasteiger partial charge in [0, 0.05) is 0 Å². The Kier molecular flexibility index (Phi) is 6.79. The van der Waals surface area contributed by atoms with E-state index in [-0.39, 0.29) is 23.4 Å². The molecule has 4 aromatic rings. The molecule has 0 spiro atoms. The molecule has 0 unspecified atom stereocenters. The van der Waals surface area contributed by atoms with Crippen LogP contribution in [0.2, 0.25) is 0 Å². The third-order valence-electron chi connectivity index (χ3n) is 6.16. The highest BCUT2D eigenvalue weighted by molar-refractivity contribution is 8.18. The van der Waals surface area contributed by atoms with Crippen molar-refractivity contribution in [1.82, 2.24) is 4.90 Å². The van der Waals surface area contributed by atoms with Crippen molar-refractivity contribution in [2.45, 2.75) is 13.5 Å². The summed E-state index contributed by atoms with van der Waals surface area (Å²) in [5.41, 5.74) is 3.03. The molecule has 0 atom stereocenters. The second-order valence-electron chi connectivity index (χ2n) is 8.52. The van der Waals surface area contributed by atoms with Gasteiger partial charge in [0.1, 0.15) is 0 Å². The summed E-state index contributed by atoms with van der Waals surface area (Å²) in [6.07, 6.45) is 1.64. The molecule has 1 heterocycles. The number of hydrogen-bond acceptors (Lipinski definition) is 6. The highest BCUT2D eigenvalue weighted by Gasteiger charge is 2.35. The third-order valence-corrected chi connectivity index (χ3v) is 7.07. The summed E-state index contributed by atoms with van der Waals surface area (Å²) in [6.45, 7) is 2.17. The Balaban J connectivity index is 1.36. The molecule has 6 nitrogen and oxygen atoms in total. The lowest BCUT2D eigenvalue weighted by Crippen LogP contribution is -2.27. The van der Waals surface area contributed by atoms with Crippen molar-refractivity contribution in [2.24, 2.45) is 0 Å². The molecular weight excluding hydrogens is 486 g/mol. The first kappa shape index (κ1) is 24.3. The summed E-state index contributed by atoms with van der Waals surface area (Å²) >= 11 is 0.901. The number of thioether (sulfide) groups is 1. The van der Waals surface area contributed by atoms with Crippen molar-refractivity contribution in [3.05, 3.63) is 112 Å². The molecule has 5 rings (SSSR count). The Morgan fingerprint density at radius 2 is 1.68 bits per heavy atom. The Bertz CT molecular complexity index is 1570. The van der Waals surface area contributed by atoms with Gasteiger partial charge in [-0.1, -0.05) is 66.7 Å². The van der Waals surface area contributed by atoms with E-state index in [0.29, 0.717) is 21.8 Å². The molecule has 0 saturated carbocycles. The van der Waals surface area contributed by atoms with Crippen LogP contribution in [0.1, 0.15) is 27.0 Å². The smallest absolute Gasteiger partial charge is 0.344 e. The Hall–Kier alpha value is -4.36. The van der Waals surface area contributed by atoms with Gasteiger partial charge in [-0.2, -0.15) is 0 Å². The average Bonchev–Trinajstić information content (AvgIpc) is 3.17. The Morgan fingerprint density at radius 3 is 2.49 bits per heavy atom.